The number of carbonyl (C=O) groups is 2. The Balaban J connectivity index is 2.25. The minimum absolute atomic E-state index is 0.137. The van der Waals surface area contributed by atoms with E-state index in [1.165, 1.54) is 6.42 Å². The van der Waals surface area contributed by atoms with E-state index in [2.05, 4.69) is 16.9 Å². The van der Waals surface area contributed by atoms with Crippen LogP contribution in [0.5, 0.6) is 0 Å². The number of thioether (sulfide) groups is 1. The molecule has 1 aliphatic carbocycles. The van der Waals surface area contributed by atoms with Crippen LogP contribution >= 0.6 is 11.8 Å². The summed E-state index contributed by atoms with van der Waals surface area (Å²) < 4.78 is 0. The Bertz CT molecular complexity index is 301. The summed E-state index contributed by atoms with van der Waals surface area (Å²) in [6.07, 6.45) is 4.67. The molecule has 3 atom stereocenters. The second-order valence-corrected chi connectivity index (χ2v) is 5.57. The number of rotatable bonds is 5. The lowest BCUT2D eigenvalue weighted by atomic mass is 9.95. The molecule has 0 saturated heterocycles. The maximum atomic E-state index is 11.5. The van der Waals surface area contributed by atoms with Crippen molar-refractivity contribution < 1.29 is 19.8 Å². The highest BCUT2D eigenvalue weighted by Crippen LogP contribution is 2.26. The van der Waals surface area contributed by atoms with Crippen LogP contribution in [0, 0.1) is 0 Å². The second kappa shape index (κ2) is 7.48. The number of carbonyl (C=O) groups excluding carboxylic acids is 1. The van der Waals surface area contributed by atoms with Gasteiger partial charge in [0.15, 0.2) is 6.10 Å². The van der Waals surface area contributed by atoms with Crippen molar-refractivity contribution in [3.05, 3.63) is 0 Å². The molecule has 0 aromatic rings. The fourth-order valence-corrected chi connectivity index (χ4v) is 2.83. The van der Waals surface area contributed by atoms with Gasteiger partial charge in [0.05, 0.1) is 6.54 Å². The smallest absolute Gasteiger partial charge is 0.334 e. The summed E-state index contributed by atoms with van der Waals surface area (Å²) in [6, 6.07) is -0.278. The molecule has 0 bridgehead atoms. The van der Waals surface area contributed by atoms with Crippen molar-refractivity contribution in [1.82, 2.24) is 10.6 Å². The fourth-order valence-electron chi connectivity index (χ4n) is 2.00. The number of hydrogen-bond acceptors (Lipinski definition) is 4. The number of carboxylic acid groups (broad SMARTS) is 1. The van der Waals surface area contributed by atoms with Crippen LogP contribution < -0.4 is 10.6 Å². The number of aliphatic hydroxyl groups is 1. The van der Waals surface area contributed by atoms with E-state index in [4.69, 9.17) is 10.2 Å². The molecular formula is C11H20N2O4S. The summed E-state index contributed by atoms with van der Waals surface area (Å²) in [5, 5.41) is 23.2. The van der Waals surface area contributed by atoms with Crippen molar-refractivity contribution in [1.29, 1.82) is 0 Å². The Kier molecular flexibility index (Phi) is 6.28. The molecule has 3 unspecified atom stereocenters. The van der Waals surface area contributed by atoms with Crippen LogP contribution in [0.25, 0.3) is 0 Å². The van der Waals surface area contributed by atoms with Gasteiger partial charge in [0.2, 0.25) is 0 Å². The van der Waals surface area contributed by atoms with E-state index >= 15 is 0 Å². The quantitative estimate of drug-likeness (QED) is 0.583. The van der Waals surface area contributed by atoms with Crippen LogP contribution in [0.4, 0.5) is 4.79 Å². The Morgan fingerprint density at radius 1 is 1.44 bits per heavy atom. The maximum Gasteiger partial charge on any atom is 0.334 e. The van der Waals surface area contributed by atoms with E-state index in [0.717, 1.165) is 19.3 Å². The van der Waals surface area contributed by atoms with Crippen molar-refractivity contribution in [3.63, 3.8) is 0 Å². The number of nitrogens with one attached hydrogen (secondary N) is 2. The first-order valence-corrected chi connectivity index (χ1v) is 7.29. The van der Waals surface area contributed by atoms with Crippen molar-refractivity contribution >= 4 is 23.8 Å². The first-order chi connectivity index (χ1) is 8.52. The summed E-state index contributed by atoms with van der Waals surface area (Å²) >= 11 is 1.81. The molecule has 2 amide bonds. The van der Waals surface area contributed by atoms with Gasteiger partial charge < -0.3 is 20.8 Å². The highest BCUT2D eigenvalue weighted by Gasteiger charge is 2.23. The summed E-state index contributed by atoms with van der Waals surface area (Å²) in [6.45, 7) is -0.278. The molecule has 0 aromatic carbocycles. The molecule has 18 heavy (non-hydrogen) atoms. The highest BCUT2D eigenvalue weighted by molar-refractivity contribution is 7.99. The van der Waals surface area contributed by atoms with Gasteiger partial charge >= 0.3 is 12.0 Å². The molecule has 1 aliphatic rings. The SMILES string of the molecule is CSC1CCCC(NC(=O)NCC(O)C(=O)O)C1. The van der Waals surface area contributed by atoms with Crippen LogP contribution in [-0.4, -0.2) is 52.4 Å². The van der Waals surface area contributed by atoms with Crippen LogP contribution in [0.1, 0.15) is 25.7 Å². The normalized spacial score (nSPS) is 25.2. The molecule has 1 saturated carbocycles. The Morgan fingerprint density at radius 2 is 2.17 bits per heavy atom. The second-order valence-electron chi connectivity index (χ2n) is 4.43. The van der Waals surface area contributed by atoms with Gasteiger partial charge in [-0.3, -0.25) is 0 Å². The molecule has 0 aliphatic heterocycles. The van der Waals surface area contributed by atoms with Crippen LogP contribution in [-0.2, 0) is 4.79 Å². The summed E-state index contributed by atoms with van der Waals surface area (Å²) in [7, 11) is 0. The number of hydrogen-bond donors (Lipinski definition) is 4. The predicted molar refractivity (Wildman–Crippen MR) is 69.7 cm³/mol. The molecule has 4 N–H and O–H groups in total. The number of aliphatic hydroxyl groups excluding tert-OH is 1. The number of aliphatic carboxylic acids is 1. The zero-order valence-electron chi connectivity index (χ0n) is 10.4. The van der Waals surface area contributed by atoms with Crippen molar-refractivity contribution in [3.8, 4) is 0 Å². The third-order valence-electron chi connectivity index (χ3n) is 3.04. The van der Waals surface area contributed by atoms with Crippen LogP contribution in [0.15, 0.2) is 0 Å². The van der Waals surface area contributed by atoms with E-state index in [9.17, 15) is 9.59 Å². The molecule has 0 heterocycles. The van der Waals surface area contributed by atoms with E-state index in [0.29, 0.717) is 5.25 Å². The van der Waals surface area contributed by atoms with Gasteiger partial charge in [-0.2, -0.15) is 11.8 Å². The highest BCUT2D eigenvalue weighted by atomic mass is 32.2. The Morgan fingerprint density at radius 3 is 2.78 bits per heavy atom. The lowest BCUT2D eigenvalue weighted by Gasteiger charge is -2.28. The molecule has 7 heteroatoms. The largest absolute Gasteiger partial charge is 0.479 e. The third kappa shape index (κ3) is 5.14. The van der Waals surface area contributed by atoms with Gasteiger partial charge in [-0.05, 0) is 25.5 Å². The first kappa shape index (κ1) is 15.1. The lowest BCUT2D eigenvalue weighted by Crippen LogP contribution is -2.47. The van der Waals surface area contributed by atoms with Gasteiger partial charge in [0, 0.05) is 11.3 Å². The van der Waals surface area contributed by atoms with E-state index in [-0.39, 0.29) is 12.6 Å². The Hall–Kier alpha value is -0.950. The molecule has 6 nitrogen and oxygen atoms in total. The first-order valence-electron chi connectivity index (χ1n) is 6.01. The standard InChI is InChI=1S/C11H20N2O4S/c1-18-8-4-2-3-7(5-8)13-11(17)12-6-9(14)10(15)16/h7-9,14H,2-6H2,1H3,(H,15,16)(H2,12,13,17). The van der Waals surface area contributed by atoms with E-state index in [1.807, 2.05) is 11.8 Å². The molecule has 0 radical (unpaired) electrons. The van der Waals surface area contributed by atoms with Gasteiger partial charge in [-0.25, -0.2) is 9.59 Å². The average molecular weight is 276 g/mol. The number of urea groups is 1. The average Bonchev–Trinajstić information content (AvgIpc) is 2.36. The summed E-state index contributed by atoms with van der Waals surface area (Å²) in [5.74, 6) is -1.34. The van der Waals surface area contributed by atoms with E-state index < -0.39 is 18.1 Å². The minimum atomic E-state index is -1.55. The fraction of sp³-hybridized carbons (Fsp3) is 0.818. The molecular weight excluding hydrogens is 256 g/mol. The number of amides is 2. The van der Waals surface area contributed by atoms with Crippen molar-refractivity contribution in [2.75, 3.05) is 12.8 Å². The van der Waals surface area contributed by atoms with Gasteiger partial charge in [0.25, 0.3) is 0 Å². The zero-order valence-corrected chi connectivity index (χ0v) is 11.2. The lowest BCUT2D eigenvalue weighted by molar-refractivity contribution is -0.146. The maximum absolute atomic E-state index is 11.5. The summed E-state index contributed by atoms with van der Waals surface area (Å²) in [4.78, 5) is 21.9. The van der Waals surface area contributed by atoms with Crippen LogP contribution in [0.2, 0.25) is 0 Å². The number of carboxylic acids is 1. The molecule has 0 spiro atoms. The molecule has 104 valence electrons. The summed E-state index contributed by atoms with van der Waals surface area (Å²) in [5.41, 5.74) is 0. The minimum Gasteiger partial charge on any atom is -0.479 e. The third-order valence-corrected chi connectivity index (χ3v) is 4.13. The molecule has 0 aromatic heterocycles. The monoisotopic (exact) mass is 276 g/mol. The zero-order chi connectivity index (χ0) is 13.5. The topological polar surface area (TPSA) is 98.7 Å². The van der Waals surface area contributed by atoms with Crippen molar-refractivity contribution in [2.24, 2.45) is 0 Å². The van der Waals surface area contributed by atoms with E-state index in [1.54, 1.807) is 0 Å². The van der Waals surface area contributed by atoms with Gasteiger partial charge in [-0.1, -0.05) is 6.42 Å². The van der Waals surface area contributed by atoms with Crippen molar-refractivity contribution in [2.45, 2.75) is 43.1 Å². The molecule has 1 rings (SSSR count). The molecule has 1 fully saturated rings. The predicted octanol–water partition coefficient (Wildman–Crippen LogP) is 0.405. The van der Waals surface area contributed by atoms with Crippen LogP contribution in [0.3, 0.4) is 0 Å². The Labute approximate surface area is 111 Å². The van der Waals surface area contributed by atoms with Gasteiger partial charge in [-0.15, -0.1) is 0 Å². The van der Waals surface area contributed by atoms with Gasteiger partial charge in [0.1, 0.15) is 0 Å².